The number of amides is 4. The summed E-state index contributed by atoms with van der Waals surface area (Å²) in [5.74, 6) is -1.37. The van der Waals surface area contributed by atoms with Crippen molar-refractivity contribution in [3.8, 4) is 0 Å². The Balaban J connectivity index is 1.90. The first-order chi connectivity index (χ1) is 14.4. The summed E-state index contributed by atoms with van der Waals surface area (Å²) in [5.41, 5.74) is 5.51. The van der Waals surface area contributed by atoms with Gasteiger partial charge in [-0.1, -0.05) is 6.08 Å². The van der Waals surface area contributed by atoms with Crippen LogP contribution in [0.4, 0.5) is 0 Å². The largest absolute Gasteiger partial charge is 0.396 e. The van der Waals surface area contributed by atoms with Crippen molar-refractivity contribution >= 4 is 29.9 Å². The third kappa shape index (κ3) is 11.1. The normalized spacial score (nSPS) is 13.6. The maximum absolute atomic E-state index is 11.7. The van der Waals surface area contributed by atoms with Crippen molar-refractivity contribution in [1.29, 1.82) is 0 Å². The zero-order chi connectivity index (χ0) is 22.2. The number of nitrogens with two attached hydrogens (primary N) is 1. The predicted molar refractivity (Wildman–Crippen MR) is 106 cm³/mol. The van der Waals surface area contributed by atoms with E-state index in [-0.39, 0.29) is 63.4 Å². The van der Waals surface area contributed by atoms with Crippen LogP contribution in [0.5, 0.6) is 0 Å². The molecule has 1 aliphatic heterocycles. The van der Waals surface area contributed by atoms with E-state index in [1.807, 2.05) is 0 Å². The highest BCUT2D eigenvalue weighted by Crippen LogP contribution is 2.03. The third-order valence-corrected chi connectivity index (χ3v) is 3.86. The van der Waals surface area contributed by atoms with E-state index in [1.165, 1.54) is 12.2 Å². The number of allylic oxidation sites excluding steroid dienone is 2. The number of aldehydes is 1. The highest BCUT2D eigenvalue weighted by Gasteiger charge is 2.23. The van der Waals surface area contributed by atoms with Crippen LogP contribution in [0.25, 0.3) is 0 Å². The summed E-state index contributed by atoms with van der Waals surface area (Å²) in [4.78, 5) is 57.2. The second-order valence-corrected chi connectivity index (χ2v) is 6.24. The summed E-state index contributed by atoms with van der Waals surface area (Å²) in [6.45, 7) is 1.45. The van der Waals surface area contributed by atoms with Crippen LogP contribution in [0.3, 0.4) is 0 Å². The molecule has 0 saturated heterocycles. The number of imide groups is 1. The number of unbranched alkanes of at least 4 members (excludes halogenated alkanes) is 1. The SMILES string of the molecule is N/C(C=O)=C\CCCNC(=O)COCCOCCNC(=O)CCN1C(=O)C=CC1=O. The average Bonchev–Trinajstić information content (AvgIpc) is 3.05. The van der Waals surface area contributed by atoms with Crippen molar-refractivity contribution in [2.45, 2.75) is 19.3 Å². The number of hydrogen-bond acceptors (Lipinski definition) is 8. The molecule has 1 aliphatic rings. The molecule has 0 bridgehead atoms. The van der Waals surface area contributed by atoms with Crippen LogP contribution in [-0.4, -0.2) is 80.9 Å². The van der Waals surface area contributed by atoms with Gasteiger partial charge in [0.25, 0.3) is 11.8 Å². The molecule has 0 saturated carbocycles. The highest BCUT2D eigenvalue weighted by atomic mass is 16.5. The van der Waals surface area contributed by atoms with Crippen LogP contribution in [0, 0.1) is 0 Å². The second-order valence-electron chi connectivity index (χ2n) is 6.24. The number of nitrogens with one attached hydrogen (secondary N) is 2. The zero-order valence-electron chi connectivity index (χ0n) is 16.8. The molecule has 4 amide bonds. The van der Waals surface area contributed by atoms with Crippen molar-refractivity contribution in [3.05, 3.63) is 23.9 Å². The molecule has 0 radical (unpaired) electrons. The molecule has 0 aliphatic carbocycles. The van der Waals surface area contributed by atoms with Gasteiger partial charge in [0.05, 0.1) is 25.5 Å². The Morgan fingerprint density at radius 1 is 1.00 bits per heavy atom. The number of rotatable bonds is 16. The van der Waals surface area contributed by atoms with E-state index in [1.54, 1.807) is 6.08 Å². The van der Waals surface area contributed by atoms with Crippen LogP contribution in [-0.2, 0) is 33.4 Å². The quantitative estimate of drug-likeness (QED) is 0.116. The molecule has 0 atom stereocenters. The van der Waals surface area contributed by atoms with Crippen molar-refractivity contribution in [2.75, 3.05) is 46.1 Å². The molecule has 0 unspecified atom stereocenters. The molecule has 1 heterocycles. The molecule has 0 fully saturated rings. The van der Waals surface area contributed by atoms with Gasteiger partial charge in [0.15, 0.2) is 6.29 Å². The minimum absolute atomic E-state index is 0.0259. The summed E-state index contributed by atoms with van der Waals surface area (Å²) < 4.78 is 10.5. The molecule has 0 spiro atoms. The van der Waals surface area contributed by atoms with Gasteiger partial charge >= 0.3 is 0 Å². The van der Waals surface area contributed by atoms with E-state index in [0.29, 0.717) is 25.7 Å². The first-order valence-electron chi connectivity index (χ1n) is 9.57. The molecule has 30 heavy (non-hydrogen) atoms. The van der Waals surface area contributed by atoms with Crippen molar-refractivity contribution < 1.29 is 33.4 Å². The minimum atomic E-state index is -0.415. The fourth-order valence-corrected chi connectivity index (χ4v) is 2.30. The Bertz CT molecular complexity index is 658. The number of carbonyl (C=O) groups excluding carboxylic acids is 5. The second kappa shape index (κ2) is 14.9. The lowest BCUT2D eigenvalue weighted by molar-refractivity contribution is -0.137. The highest BCUT2D eigenvalue weighted by molar-refractivity contribution is 6.13. The number of ether oxygens (including phenoxy) is 2. The van der Waals surface area contributed by atoms with Gasteiger partial charge in [-0.3, -0.25) is 28.9 Å². The standard InChI is InChI=1S/C19H28N4O7/c20-15(13-24)3-1-2-7-21-17(26)14-30-12-11-29-10-8-22-16(25)6-9-23-18(27)4-5-19(23)28/h3-5,13H,1-2,6-12,14,20H2,(H,21,26)(H,22,25)/b15-3-. The number of nitrogens with zero attached hydrogens (tertiary/aromatic N) is 1. The van der Waals surface area contributed by atoms with Gasteiger partial charge < -0.3 is 25.8 Å². The summed E-state index contributed by atoms with van der Waals surface area (Å²) in [6.07, 6.45) is 5.80. The molecule has 166 valence electrons. The van der Waals surface area contributed by atoms with Gasteiger partial charge in [0, 0.05) is 38.2 Å². The van der Waals surface area contributed by atoms with E-state index in [9.17, 15) is 24.0 Å². The van der Waals surface area contributed by atoms with Crippen LogP contribution < -0.4 is 16.4 Å². The first kappa shape index (κ1) is 25.0. The van der Waals surface area contributed by atoms with Gasteiger partial charge in [-0.05, 0) is 12.8 Å². The van der Waals surface area contributed by atoms with Gasteiger partial charge in [-0.15, -0.1) is 0 Å². The molecule has 0 aromatic rings. The maximum Gasteiger partial charge on any atom is 0.253 e. The monoisotopic (exact) mass is 424 g/mol. The molecular formula is C19H28N4O7. The number of hydrogen-bond donors (Lipinski definition) is 3. The van der Waals surface area contributed by atoms with Crippen LogP contribution >= 0.6 is 0 Å². The van der Waals surface area contributed by atoms with Crippen molar-refractivity contribution in [1.82, 2.24) is 15.5 Å². The van der Waals surface area contributed by atoms with E-state index in [0.717, 1.165) is 4.90 Å². The Hall–Kier alpha value is -3.05. The molecule has 11 nitrogen and oxygen atoms in total. The van der Waals surface area contributed by atoms with Gasteiger partial charge in [-0.25, -0.2) is 0 Å². The van der Waals surface area contributed by atoms with E-state index >= 15 is 0 Å². The Labute approximate surface area is 174 Å². The van der Waals surface area contributed by atoms with Gasteiger partial charge in [-0.2, -0.15) is 0 Å². The fraction of sp³-hybridized carbons (Fsp3) is 0.526. The lowest BCUT2D eigenvalue weighted by Gasteiger charge is -2.13. The molecule has 0 aromatic carbocycles. The zero-order valence-corrected chi connectivity index (χ0v) is 16.8. The van der Waals surface area contributed by atoms with Crippen molar-refractivity contribution in [2.24, 2.45) is 5.73 Å². The van der Waals surface area contributed by atoms with Crippen LogP contribution in [0.1, 0.15) is 19.3 Å². The minimum Gasteiger partial charge on any atom is -0.396 e. The van der Waals surface area contributed by atoms with Crippen LogP contribution in [0.2, 0.25) is 0 Å². The van der Waals surface area contributed by atoms with Gasteiger partial charge in [0.2, 0.25) is 11.8 Å². The Morgan fingerprint density at radius 2 is 1.67 bits per heavy atom. The number of carbonyl (C=O) groups is 5. The molecular weight excluding hydrogens is 396 g/mol. The molecule has 11 heteroatoms. The molecule has 4 N–H and O–H groups in total. The van der Waals surface area contributed by atoms with E-state index in [2.05, 4.69) is 10.6 Å². The Morgan fingerprint density at radius 3 is 2.37 bits per heavy atom. The summed E-state index contributed by atoms with van der Waals surface area (Å²) >= 11 is 0. The predicted octanol–water partition coefficient (Wildman–Crippen LogP) is -1.61. The maximum atomic E-state index is 11.7. The average molecular weight is 424 g/mol. The van der Waals surface area contributed by atoms with Gasteiger partial charge in [0.1, 0.15) is 6.61 Å². The topological polar surface area (TPSA) is 157 Å². The van der Waals surface area contributed by atoms with E-state index in [4.69, 9.17) is 15.2 Å². The summed E-state index contributed by atoms with van der Waals surface area (Å²) in [7, 11) is 0. The van der Waals surface area contributed by atoms with Crippen molar-refractivity contribution in [3.63, 3.8) is 0 Å². The third-order valence-electron chi connectivity index (χ3n) is 3.86. The lowest BCUT2D eigenvalue weighted by atomic mass is 10.2. The van der Waals surface area contributed by atoms with E-state index < -0.39 is 11.8 Å². The molecule has 0 aromatic heterocycles. The first-order valence-corrected chi connectivity index (χ1v) is 9.57. The molecule has 1 rings (SSSR count). The summed E-state index contributed by atoms with van der Waals surface area (Å²) in [6, 6.07) is 0. The van der Waals surface area contributed by atoms with Crippen LogP contribution in [0.15, 0.2) is 23.9 Å². The lowest BCUT2D eigenvalue weighted by Crippen LogP contribution is -2.35. The Kier molecular flexibility index (Phi) is 12.4. The fourth-order valence-electron chi connectivity index (χ4n) is 2.30. The smallest absolute Gasteiger partial charge is 0.253 e. The summed E-state index contributed by atoms with van der Waals surface area (Å²) in [5, 5.41) is 5.30.